The first-order chi connectivity index (χ1) is 7.09. The van der Waals surface area contributed by atoms with Gasteiger partial charge in [-0.3, -0.25) is 4.79 Å². The smallest absolute Gasteiger partial charge is 0.155 e. The molecule has 2 aromatic rings. The van der Waals surface area contributed by atoms with E-state index in [0.29, 0.717) is 11.6 Å². The monoisotopic (exact) mass is 222 g/mol. The van der Waals surface area contributed by atoms with Gasteiger partial charge in [-0.2, -0.15) is 0 Å². The van der Waals surface area contributed by atoms with Crippen LogP contribution in [0, 0.1) is 6.92 Å². The number of ketones is 1. The molecule has 2 rings (SSSR count). The van der Waals surface area contributed by atoms with Crippen molar-refractivity contribution in [1.29, 1.82) is 0 Å². The fourth-order valence-electron chi connectivity index (χ4n) is 1.71. The molecule has 3 nitrogen and oxygen atoms in total. The Kier molecular flexibility index (Phi) is 2.49. The predicted octanol–water partition coefficient (Wildman–Crippen LogP) is 2.43. The summed E-state index contributed by atoms with van der Waals surface area (Å²) in [5.74, 6) is 0.957. The molecule has 0 aromatic carbocycles. The van der Waals surface area contributed by atoms with E-state index in [1.807, 2.05) is 29.7 Å². The molecule has 2 heterocycles. The molecule has 0 aliphatic heterocycles. The van der Waals surface area contributed by atoms with Crippen LogP contribution in [-0.2, 0) is 11.2 Å². The Morgan fingerprint density at radius 3 is 3.00 bits per heavy atom. The third kappa shape index (κ3) is 1.75. The molecule has 0 radical (unpaired) electrons. The maximum Gasteiger partial charge on any atom is 0.155 e. The van der Waals surface area contributed by atoms with Gasteiger partial charge in [0, 0.05) is 12.6 Å². The Morgan fingerprint density at radius 2 is 2.33 bits per heavy atom. The van der Waals surface area contributed by atoms with Crippen LogP contribution >= 0.6 is 11.6 Å². The van der Waals surface area contributed by atoms with Gasteiger partial charge in [-0.05, 0) is 25.5 Å². The van der Waals surface area contributed by atoms with Gasteiger partial charge < -0.3 is 4.40 Å². The highest BCUT2D eigenvalue weighted by Crippen LogP contribution is 2.22. The number of aromatic nitrogens is 2. The van der Waals surface area contributed by atoms with E-state index in [4.69, 9.17) is 11.6 Å². The van der Waals surface area contributed by atoms with Crippen molar-refractivity contribution in [3.63, 3.8) is 0 Å². The first kappa shape index (κ1) is 10.2. The van der Waals surface area contributed by atoms with Crippen molar-refractivity contribution >= 4 is 22.9 Å². The van der Waals surface area contributed by atoms with Crippen LogP contribution in [0.3, 0.4) is 0 Å². The molecule has 4 heteroatoms. The van der Waals surface area contributed by atoms with Gasteiger partial charge >= 0.3 is 0 Å². The molecular formula is C11H11ClN2O. The topological polar surface area (TPSA) is 34.4 Å². The molecule has 0 fully saturated rings. The minimum Gasteiger partial charge on any atom is -0.302 e. The minimum absolute atomic E-state index is 0.123. The highest BCUT2D eigenvalue weighted by atomic mass is 35.5. The van der Waals surface area contributed by atoms with Gasteiger partial charge in [0.2, 0.25) is 0 Å². The molecule has 2 aromatic heterocycles. The Labute approximate surface area is 92.7 Å². The summed E-state index contributed by atoms with van der Waals surface area (Å²) in [6.45, 7) is 3.46. The van der Waals surface area contributed by atoms with E-state index in [0.717, 1.165) is 16.9 Å². The van der Waals surface area contributed by atoms with Gasteiger partial charge in [0.05, 0.1) is 5.52 Å². The van der Waals surface area contributed by atoms with Crippen LogP contribution in [0.2, 0.25) is 5.15 Å². The fourth-order valence-corrected chi connectivity index (χ4v) is 2.05. The number of halogens is 1. The van der Waals surface area contributed by atoms with Gasteiger partial charge in [0.25, 0.3) is 0 Å². The summed E-state index contributed by atoms with van der Waals surface area (Å²) < 4.78 is 1.90. The zero-order valence-corrected chi connectivity index (χ0v) is 9.38. The molecule has 15 heavy (non-hydrogen) atoms. The molecule has 0 atom stereocenters. The number of hydrogen-bond acceptors (Lipinski definition) is 2. The molecule has 0 saturated carbocycles. The number of carbonyl (C=O) groups excluding carboxylic acids is 1. The number of nitrogens with zero attached hydrogens (tertiary/aromatic N) is 2. The van der Waals surface area contributed by atoms with E-state index in [1.54, 1.807) is 6.92 Å². The Bertz CT molecular complexity index is 531. The van der Waals surface area contributed by atoms with Crippen LogP contribution in [0.25, 0.3) is 5.52 Å². The van der Waals surface area contributed by atoms with Crippen LogP contribution in [0.1, 0.15) is 18.3 Å². The SMILES string of the molecule is CC(=O)Cc1cccn2c(C)nc(Cl)c12. The summed E-state index contributed by atoms with van der Waals surface area (Å²) in [7, 11) is 0. The lowest BCUT2D eigenvalue weighted by atomic mass is 10.1. The third-order valence-corrected chi connectivity index (χ3v) is 2.58. The Morgan fingerprint density at radius 1 is 1.60 bits per heavy atom. The first-order valence-corrected chi connectivity index (χ1v) is 5.09. The Balaban J connectivity index is 2.69. The summed E-state index contributed by atoms with van der Waals surface area (Å²) in [5, 5.41) is 0.462. The van der Waals surface area contributed by atoms with Crippen molar-refractivity contribution in [3.05, 3.63) is 34.9 Å². The first-order valence-electron chi connectivity index (χ1n) is 4.71. The van der Waals surface area contributed by atoms with Crippen LogP contribution < -0.4 is 0 Å². The molecule has 0 saturated heterocycles. The van der Waals surface area contributed by atoms with E-state index in [9.17, 15) is 4.79 Å². The molecule has 0 aliphatic rings. The maximum atomic E-state index is 11.1. The van der Waals surface area contributed by atoms with Gasteiger partial charge in [0.15, 0.2) is 5.15 Å². The van der Waals surface area contributed by atoms with Crippen LogP contribution in [0.5, 0.6) is 0 Å². The molecule has 78 valence electrons. The summed E-state index contributed by atoms with van der Waals surface area (Å²) in [6.07, 6.45) is 2.29. The van der Waals surface area contributed by atoms with E-state index < -0.39 is 0 Å². The standard InChI is InChI=1S/C11H11ClN2O/c1-7(15)6-9-4-3-5-14-8(2)13-11(12)10(9)14/h3-5H,6H2,1-2H3. The van der Waals surface area contributed by atoms with Gasteiger partial charge in [-0.15, -0.1) is 0 Å². The van der Waals surface area contributed by atoms with Crippen molar-refractivity contribution < 1.29 is 4.79 Å². The third-order valence-electron chi connectivity index (χ3n) is 2.32. The lowest BCUT2D eigenvalue weighted by Crippen LogP contribution is -1.99. The zero-order chi connectivity index (χ0) is 11.0. The van der Waals surface area contributed by atoms with Crippen LogP contribution in [0.4, 0.5) is 0 Å². The second kappa shape index (κ2) is 3.66. The molecule has 0 unspecified atom stereocenters. The number of imidazole rings is 1. The van der Waals surface area contributed by atoms with E-state index in [2.05, 4.69) is 4.98 Å². The second-order valence-electron chi connectivity index (χ2n) is 3.58. The van der Waals surface area contributed by atoms with Gasteiger partial charge in [0.1, 0.15) is 11.6 Å². The number of Topliss-reactive ketones (excluding diaryl/α,β-unsaturated/α-hetero) is 1. The molecule has 0 bridgehead atoms. The average Bonchev–Trinajstić information content (AvgIpc) is 2.43. The summed E-state index contributed by atoms with van der Waals surface area (Å²) in [5.41, 5.74) is 1.77. The lowest BCUT2D eigenvalue weighted by molar-refractivity contribution is -0.116. The van der Waals surface area contributed by atoms with Gasteiger partial charge in [-0.25, -0.2) is 4.98 Å². The number of fused-ring (bicyclic) bond motifs is 1. The lowest BCUT2D eigenvalue weighted by Gasteiger charge is -2.02. The normalized spacial score (nSPS) is 10.9. The largest absolute Gasteiger partial charge is 0.302 e. The van der Waals surface area contributed by atoms with Crippen molar-refractivity contribution in [3.8, 4) is 0 Å². The summed E-state index contributed by atoms with van der Waals surface area (Å²) >= 11 is 6.02. The van der Waals surface area contributed by atoms with Crippen LogP contribution in [0.15, 0.2) is 18.3 Å². The van der Waals surface area contributed by atoms with Crippen LogP contribution in [-0.4, -0.2) is 15.2 Å². The maximum absolute atomic E-state index is 11.1. The number of carbonyl (C=O) groups is 1. The molecule has 0 aliphatic carbocycles. The number of rotatable bonds is 2. The quantitative estimate of drug-likeness (QED) is 0.782. The molecular weight excluding hydrogens is 212 g/mol. The Hall–Kier alpha value is -1.35. The number of aryl methyl sites for hydroxylation is 1. The van der Waals surface area contributed by atoms with E-state index in [1.165, 1.54) is 0 Å². The van der Waals surface area contributed by atoms with Crippen molar-refractivity contribution in [2.75, 3.05) is 0 Å². The predicted molar refractivity (Wildman–Crippen MR) is 59.3 cm³/mol. The number of hydrogen-bond donors (Lipinski definition) is 0. The zero-order valence-electron chi connectivity index (χ0n) is 8.62. The van der Waals surface area contributed by atoms with Gasteiger partial charge in [-0.1, -0.05) is 17.7 Å². The average molecular weight is 223 g/mol. The fraction of sp³-hybridized carbons (Fsp3) is 0.273. The molecule has 0 spiro atoms. The number of pyridine rings is 1. The highest BCUT2D eigenvalue weighted by Gasteiger charge is 2.11. The minimum atomic E-state index is 0.123. The molecule has 0 amide bonds. The van der Waals surface area contributed by atoms with Crippen molar-refractivity contribution in [2.24, 2.45) is 0 Å². The summed E-state index contributed by atoms with van der Waals surface area (Å²) in [6, 6.07) is 3.81. The van der Waals surface area contributed by atoms with Crippen molar-refractivity contribution in [1.82, 2.24) is 9.38 Å². The van der Waals surface area contributed by atoms with Crippen molar-refractivity contribution in [2.45, 2.75) is 20.3 Å². The highest BCUT2D eigenvalue weighted by molar-refractivity contribution is 6.33. The summed E-state index contributed by atoms with van der Waals surface area (Å²) in [4.78, 5) is 15.3. The molecule has 0 N–H and O–H groups in total. The van der Waals surface area contributed by atoms with E-state index in [-0.39, 0.29) is 5.78 Å². The second-order valence-corrected chi connectivity index (χ2v) is 3.94. The van der Waals surface area contributed by atoms with E-state index >= 15 is 0 Å².